The van der Waals surface area contributed by atoms with Crippen molar-refractivity contribution in [2.24, 2.45) is 0 Å². The number of aliphatic hydroxyl groups excluding tert-OH is 1. The minimum absolute atomic E-state index is 0.212. The molecule has 0 aliphatic heterocycles. The second-order valence-electron chi connectivity index (χ2n) is 4.64. The summed E-state index contributed by atoms with van der Waals surface area (Å²) in [7, 11) is 0. The zero-order chi connectivity index (χ0) is 13.5. The number of carbonyl (C=O) groups is 1. The molecule has 0 radical (unpaired) electrons. The molecule has 0 fully saturated rings. The van der Waals surface area contributed by atoms with Gasteiger partial charge in [0.25, 0.3) is 0 Å². The van der Waals surface area contributed by atoms with Gasteiger partial charge in [0.05, 0.1) is 12.5 Å². The fourth-order valence-electron chi connectivity index (χ4n) is 1.89. The Morgan fingerprint density at radius 3 is 2.72 bits per heavy atom. The summed E-state index contributed by atoms with van der Waals surface area (Å²) in [4.78, 5) is 10.4. The van der Waals surface area contributed by atoms with Crippen molar-refractivity contribution < 1.29 is 15.0 Å². The van der Waals surface area contributed by atoms with Gasteiger partial charge in [-0.3, -0.25) is 4.79 Å². The van der Waals surface area contributed by atoms with E-state index in [1.54, 1.807) is 0 Å². The van der Waals surface area contributed by atoms with Gasteiger partial charge in [-0.15, -0.1) is 0 Å². The first kappa shape index (κ1) is 14.7. The van der Waals surface area contributed by atoms with Crippen molar-refractivity contribution in [2.45, 2.75) is 32.8 Å². The van der Waals surface area contributed by atoms with Gasteiger partial charge in [-0.05, 0) is 37.9 Å². The lowest BCUT2D eigenvalue weighted by molar-refractivity contribution is -0.139. The number of carboxylic acids is 1. The van der Waals surface area contributed by atoms with Crippen LogP contribution in [0, 0.1) is 13.8 Å². The Labute approximate surface area is 108 Å². The van der Waals surface area contributed by atoms with E-state index >= 15 is 0 Å². The highest BCUT2D eigenvalue weighted by molar-refractivity contribution is 5.67. The number of rotatable bonds is 7. The van der Waals surface area contributed by atoms with Gasteiger partial charge in [0.2, 0.25) is 0 Å². The summed E-state index contributed by atoms with van der Waals surface area (Å²) in [5, 5.41) is 20.9. The highest BCUT2D eigenvalue weighted by Crippen LogP contribution is 2.10. The number of nitrogens with one attached hydrogen (secondary N) is 1. The number of aliphatic hydroxyl groups is 1. The smallest absolute Gasteiger partial charge is 0.306 e. The maximum Gasteiger partial charge on any atom is 0.306 e. The van der Waals surface area contributed by atoms with Crippen LogP contribution in [0.2, 0.25) is 0 Å². The fraction of sp³-hybridized carbons (Fsp3) is 0.500. The summed E-state index contributed by atoms with van der Waals surface area (Å²) in [5.41, 5.74) is 3.80. The van der Waals surface area contributed by atoms with Crippen LogP contribution in [0.5, 0.6) is 0 Å². The van der Waals surface area contributed by atoms with Gasteiger partial charge in [-0.2, -0.15) is 0 Å². The van der Waals surface area contributed by atoms with Gasteiger partial charge in [-0.1, -0.05) is 23.8 Å². The molecule has 4 nitrogen and oxygen atoms in total. The number of hydrogen-bond donors (Lipinski definition) is 3. The van der Waals surface area contributed by atoms with E-state index in [2.05, 4.69) is 37.4 Å². The van der Waals surface area contributed by atoms with Gasteiger partial charge in [0.1, 0.15) is 0 Å². The molecule has 1 aromatic carbocycles. The van der Waals surface area contributed by atoms with E-state index in [4.69, 9.17) is 5.11 Å². The van der Waals surface area contributed by atoms with E-state index in [0.717, 1.165) is 13.0 Å². The Balaban J connectivity index is 2.27. The molecule has 0 amide bonds. The molecule has 4 heteroatoms. The molecule has 0 aromatic heterocycles. The van der Waals surface area contributed by atoms with Crippen LogP contribution in [0.1, 0.15) is 23.1 Å². The van der Waals surface area contributed by atoms with Crippen LogP contribution in [0.4, 0.5) is 0 Å². The molecule has 3 N–H and O–H groups in total. The second-order valence-corrected chi connectivity index (χ2v) is 4.64. The molecule has 1 rings (SSSR count). The average molecular weight is 251 g/mol. The van der Waals surface area contributed by atoms with Gasteiger partial charge in [-0.25, -0.2) is 0 Å². The normalized spacial score (nSPS) is 12.4. The molecule has 1 aromatic rings. The summed E-state index contributed by atoms with van der Waals surface area (Å²) in [6.45, 7) is 5.21. The molecule has 18 heavy (non-hydrogen) atoms. The molecular formula is C14H21NO3. The van der Waals surface area contributed by atoms with Crippen molar-refractivity contribution in [3.8, 4) is 0 Å². The maximum absolute atomic E-state index is 10.4. The average Bonchev–Trinajstić information content (AvgIpc) is 2.25. The topological polar surface area (TPSA) is 69.6 Å². The molecule has 0 bridgehead atoms. The number of aliphatic carboxylic acids is 1. The standard InChI is InChI=1S/C14H21NO3/c1-10-3-4-12(11(2)7-10)5-6-15-9-13(16)8-14(17)18/h3-4,7,13,15-16H,5-6,8-9H2,1-2H3,(H,17,18). The number of hydrogen-bond acceptors (Lipinski definition) is 3. The van der Waals surface area contributed by atoms with Crippen LogP contribution < -0.4 is 5.32 Å². The van der Waals surface area contributed by atoms with E-state index in [9.17, 15) is 9.90 Å². The molecule has 0 heterocycles. The predicted octanol–water partition coefficient (Wildman–Crippen LogP) is 1.27. The summed E-state index contributed by atoms with van der Waals surface area (Å²) in [6, 6.07) is 6.34. The van der Waals surface area contributed by atoms with Crippen LogP contribution in [-0.4, -0.2) is 35.4 Å². The lowest BCUT2D eigenvalue weighted by Crippen LogP contribution is -2.30. The predicted molar refractivity (Wildman–Crippen MR) is 70.7 cm³/mol. The van der Waals surface area contributed by atoms with Crippen LogP contribution in [0.15, 0.2) is 18.2 Å². The third-order valence-electron chi connectivity index (χ3n) is 2.86. The monoisotopic (exact) mass is 251 g/mol. The van der Waals surface area contributed by atoms with Gasteiger partial charge in [0, 0.05) is 6.54 Å². The van der Waals surface area contributed by atoms with Crippen molar-refractivity contribution in [2.75, 3.05) is 13.1 Å². The van der Waals surface area contributed by atoms with Crippen molar-refractivity contribution >= 4 is 5.97 Å². The molecule has 0 saturated carbocycles. The highest BCUT2D eigenvalue weighted by Gasteiger charge is 2.08. The van der Waals surface area contributed by atoms with Crippen molar-refractivity contribution in [3.63, 3.8) is 0 Å². The van der Waals surface area contributed by atoms with Crippen molar-refractivity contribution in [1.29, 1.82) is 0 Å². The van der Waals surface area contributed by atoms with Crippen LogP contribution in [-0.2, 0) is 11.2 Å². The minimum atomic E-state index is -0.973. The summed E-state index contributed by atoms with van der Waals surface area (Å²) in [6.07, 6.45) is -0.149. The van der Waals surface area contributed by atoms with Crippen molar-refractivity contribution in [1.82, 2.24) is 5.32 Å². The van der Waals surface area contributed by atoms with Gasteiger partial charge >= 0.3 is 5.97 Å². The number of carboxylic acid groups (broad SMARTS) is 1. The van der Waals surface area contributed by atoms with Gasteiger partial charge < -0.3 is 15.5 Å². The van der Waals surface area contributed by atoms with E-state index < -0.39 is 12.1 Å². The first-order chi connectivity index (χ1) is 8.49. The molecule has 100 valence electrons. The van der Waals surface area contributed by atoms with Crippen LogP contribution in [0.3, 0.4) is 0 Å². The van der Waals surface area contributed by atoms with E-state index in [1.165, 1.54) is 16.7 Å². The van der Waals surface area contributed by atoms with E-state index in [0.29, 0.717) is 6.54 Å². The molecule has 1 atom stereocenters. The van der Waals surface area contributed by atoms with Crippen LogP contribution in [0.25, 0.3) is 0 Å². The second kappa shape index (κ2) is 7.13. The molecular weight excluding hydrogens is 230 g/mol. The highest BCUT2D eigenvalue weighted by atomic mass is 16.4. The SMILES string of the molecule is Cc1ccc(CCNCC(O)CC(=O)O)c(C)c1. The lowest BCUT2D eigenvalue weighted by Gasteiger charge is -2.11. The lowest BCUT2D eigenvalue weighted by atomic mass is 10.0. The zero-order valence-electron chi connectivity index (χ0n) is 10.9. The quantitative estimate of drug-likeness (QED) is 0.638. The fourth-order valence-corrected chi connectivity index (χ4v) is 1.89. The Morgan fingerprint density at radius 1 is 1.39 bits per heavy atom. The molecule has 0 spiro atoms. The Morgan fingerprint density at radius 2 is 2.11 bits per heavy atom. The molecule has 0 saturated heterocycles. The van der Waals surface area contributed by atoms with E-state index in [1.807, 2.05) is 0 Å². The van der Waals surface area contributed by atoms with Crippen LogP contribution >= 0.6 is 0 Å². The Bertz CT molecular complexity index is 404. The maximum atomic E-state index is 10.4. The number of benzene rings is 1. The van der Waals surface area contributed by atoms with E-state index in [-0.39, 0.29) is 6.42 Å². The minimum Gasteiger partial charge on any atom is -0.481 e. The summed E-state index contributed by atoms with van der Waals surface area (Å²) < 4.78 is 0. The Hall–Kier alpha value is -1.39. The first-order valence-electron chi connectivity index (χ1n) is 6.15. The molecule has 0 aliphatic carbocycles. The molecule has 1 unspecified atom stereocenters. The summed E-state index contributed by atoms with van der Waals surface area (Å²) in [5.74, 6) is -0.973. The van der Waals surface area contributed by atoms with Gasteiger partial charge in [0.15, 0.2) is 0 Å². The third-order valence-corrected chi connectivity index (χ3v) is 2.86. The summed E-state index contributed by atoms with van der Waals surface area (Å²) >= 11 is 0. The first-order valence-corrected chi connectivity index (χ1v) is 6.15. The zero-order valence-corrected chi connectivity index (χ0v) is 10.9. The molecule has 0 aliphatic rings. The largest absolute Gasteiger partial charge is 0.481 e. The van der Waals surface area contributed by atoms with Crippen molar-refractivity contribution in [3.05, 3.63) is 34.9 Å². The third kappa shape index (κ3) is 5.29. The number of aryl methyl sites for hydroxylation is 2. The Kier molecular flexibility index (Phi) is 5.82.